The Labute approximate surface area is 204 Å². The van der Waals surface area contributed by atoms with E-state index in [0.29, 0.717) is 29.4 Å². The van der Waals surface area contributed by atoms with Crippen molar-refractivity contribution >= 4 is 28.7 Å². The maximum atomic E-state index is 13.0. The van der Waals surface area contributed by atoms with E-state index in [1.165, 1.54) is 4.90 Å². The van der Waals surface area contributed by atoms with E-state index < -0.39 is 12.1 Å². The van der Waals surface area contributed by atoms with Crippen molar-refractivity contribution in [3.8, 4) is 11.8 Å². The van der Waals surface area contributed by atoms with Crippen molar-refractivity contribution in [1.82, 2.24) is 9.47 Å². The number of aromatic nitrogens is 1. The number of nitrogens with zero attached hydrogens (tertiary/aromatic N) is 3. The summed E-state index contributed by atoms with van der Waals surface area (Å²) in [5.74, 6) is -0.259. The lowest BCUT2D eigenvalue weighted by Gasteiger charge is -2.24. The van der Waals surface area contributed by atoms with E-state index in [1.807, 2.05) is 23.7 Å². The van der Waals surface area contributed by atoms with E-state index in [-0.39, 0.29) is 30.7 Å². The molecule has 0 saturated heterocycles. The molecule has 3 aromatic rings. The van der Waals surface area contributed by atoms with E-state index in [2.05, 4.69) is 6.07 Å². The molecule has 0 N–H and O–H groups in total. The van der Waals surface area contributed by atoms with Gasteiger partial charge < -0.3 is 14.0 Å². The molecule has 0 aliphatic carbocycles. The maximum Gasteiger partial charge on any atom is 0.415 e. The molecule has 2 aromatic carbocycles. The van der Waals surface area contributed by atoms with Gasteiger partial charge in [0, 0.05) is 42.2 Å². The fraction of sp³-hybridized carbons (Fsp3) is 0.333. The monoisotopic (exact) mass is 475 g/mol. The van der Waals surface area contributed by atoms with Gasteiger partial charge in [-0.1, -0.05) is 12.1 Å². The molecule has 0 aliphatic heterocycles. The van der Waals surface area contributed by atoms with Crippen molar-refractivity contribution in [2.75, 3.05) is 13.2 Å². The predicted molar refractivity (Wildman–Crippen MR) is 131 cm³/mol. The fourth-order valence-corrected chi connectivity index (χ4v) is 3.76. The van der Waals surface area contributed by atoms with Gasteiger partial charge in [-0.25, -0.2) is 4.79 Å². The first-order chi connectivity index (χ1) is 16.7. The SMILES string of the molecule is CCOC(=O)CN(C(=O)Oc1ccc2c(c1)c(C(=O)CCc1ccc(C#N)cc1)cn2C)C(C)C. The number of ketones is 1. The molecule has 0 bridgehead atoms. The normalized spacial score (nSPS) is 10.7. The molecular weight excluding hydrogens is 446 g/mol. The molecule has 0 spiro atoms. The number of nitriles is 1. The third-order valence-corrected chi connectivity index (χ3v) is 5.65. The summed E-state index contributed by atoms with van der Waals surface area (Å²) in [7, 11) is 1.85. The molecule has 0 fully saturated rings. The van der Waals surface area contributed by atoms with Crippen LogP contribution in [0.1, 0.15) is 48.7 Å². The van der Waals surface area contributed by atoms with Crippen LogP contribution in [0.2, 0.25) is 0 Å². The number of rotatable bonds is 9. The Balaban J connectivity index is 1.77. The van der Waals surface area contributed by atoms with Crippen LogP contribution in [0.4, 0.5) is 4.79 Å². The summed E-state index contributed by atoms with van der Waals surface area (Å²) in [4.78, 5) is 39.0. The van der Waals surface area contributed by atoms with Gasteiger partial charge in [0.1, 0.15) is 12.3 Å². The van der Waals surface area contributed by atoms with Crippen LogP contribution in [0.5, 0.6) is 5.75 Å². The highest BCUT2D eigenvalue weighted by molar-refractivity contribution is 6.08. The third kappa shape index (κ3) is 6.27. The van der Waals surface area contributed by atoms with Crippen LogP contribution in [0.3, 0.4) is 0 Å². The Morgan fingerprint density at radius 3 is 2.46 bits per heavy atom. The second-order valence-corrected chi connectivity index (χ2v) is 8.46. The summed E-state index contributed by atoms with van der Waals surface area (Å²) in [6.45, 7) is 5.29. The van der Waals surface area contributed by atoms with Crippen LogP contribution in [0.15, 0.2) is 48.7 Å². The number of hydrogen-bond donors (Lipinski definition) is 0. The zero-order valence-corrected chi connectivity index (χ0v) is 20.4. The van der Waals surface area contributed by atoms with Crippen LogP contribution < -0.4 is 4.74 Å². The number of aryl methyl sites for hydroxylation is 2. The van der Waals surface area contributed by atoms with E-state index in [0.717, 1.165) is 11.1 Å². The molecule has 0 aliphatic rings. The number of amides is 1. The Bertz CT molecular complexity index is 1270. The third-order valence-electron chi connectivity index (χ3n) is 5.65. The van der Waals surface area contributed by atoms with Gasteiger partial charge in [0.15, 0.2) is 5.78 Å². The first kappa shape index (κ1) is 25.5. The summed E-state index contributed by atoms with van der Waals surface area (Å²) >= 11 is 0. The van der Waals surface area contributed by atoms with E-state index in [1.54, 1.807) is 57.3 Å². The second kappa shape index (κ2) is 11.3. The number of esters is 1. The van der Waals surface area contributed by atoms with E-state index in [9.17, 15) is 14.4 Å². The Morgan fingerprint density at radius 1 is 1.11 bits per heavy atom. The lowest BCUT2D eigenvalue weighted by atomic mass is 10.0. The Kier molecular flexibility index (Phi) is 8.26. The van der Waals surface area contributed by atoms with Crippen molar-refractivity contribution in [1.29, 1.82) is 5.26 Å². The molecule has 3 rings (SSSR count). The zero-order chi connectivity index (χ0) is 25.5. The highest BCUT2D eigenvalue weighted by Crippen LogP contribution is 2.27. The number of hydrogen-bond acceptors (Lipinski definition) is 6. The number of fused-ring (bicyclic) bond motifs is 1. The van der Waals surface area contributed by atoms with Crippen LogP contribution in [-0.4, -0.2) is 46.5 Å². The standard InChI is InChI=1S/C27H29N3O5/c1-5-34-26(32)17-30(18(2)3)27(33)35-21-11-12-24-22(14-21)23(16-29(24)4)25(31)13-10-19-6-8-20(15-28)9-7-19/h6-9,11-12,14,16,18H,5,10,13,17H2,1-4H3. The number of Topliss-reactive ketones (excluding diaryl/α,β-unsaturated/α-hetero) is 1. The van der Waals surface area contributed by atoms with Crippen molar-refractivity contribution in [3.63, 3.8) is 0 Å². The first-order valence-electron chi connectivity index (χ1n) is 11.5. The molecule has 1 heterocycles. The fourth-order valence-electron chi connectivity index (χ4n) is 3.76. The van der Waals surface area contributed by atoms with Gasteiger partial charge in [-0.05, 0) is 63.1 Å². The molecule has 35 heavy (non-hydrogen) atoms. The minimum absolute atomic E-state index is 0.0328. The highest BCUT2D eigenvalue weighted by atomic mass is 16.6. The second-order valence-electron chi connectivity index (χ2n) is 8.46. The first-order valence-corrected chi connectivity index (χ1v) is 11.5. The van der Waals surface area contributed by atoms with Crippen molar-refractivity contribution in [2.45, 2.75) is 39.7 Å². The molecule has 0 atom stereocenters. The van der Waals surface area contributed by atoms with Gasteiger partial charge in [-0.2, -0.15) is 5.26 Å². The molecule has 0 unspecified atom stereocenters. The van der Waals surface area contributed by atoms with Crippen molar-refractivity contribution in [2.24, 2.45) is 7.05 Å². The smallest absolute Gasteiger partial charge is 0.415 e. The average molecular weight is 476 g/mol. The van der Waals surface area contributed by atoms with Crippen LogP contribution in [0.25, 0.3) is 10.9 Å². The van der Waals surface area contributed by atoms with Crippen LogP contribution >= 0.6 is 0 Å². The molecular formula is C27H29N3O5. The predicted octanol–water partition coefficient (Wildman–Crippen LogP) is 4.64. The summed E-state index contributed by atoms with van der Waals surface area (Å²) in [5, 5.41) is 9.62. The molecule has 0 saturated carbocycles. The van der Waals surface area contributed by atoms with E-state index in [4.69, 9.17) is 14.7 Å². The number of carbonyl (C=O) groups is 3. The largest absolute Gasteiger partial charge is 0.465 e. The topological polar surface area (TPSA) is 102 Å². The van der Waals surface area contributed by atoms with Gasteiger partial charge in [0.2, 0.25) is 0 Å². The molecule has 8 nitrogen and oxygen atoms in total. The van der Waals surface area contributed by atoms with Gasteiger partial charge in [-0.3, -0.25) is 14.5 Å². The van der Waals surface area contributed by atoms with Crippen molar-refractivity contribution < 1.29 is 23.9 Å². The lowest BCUT2D eigenvalue weighted by Crippen LogP contribution is -2.42. The molecule has 0 radical (unpaired) electrons. The van der Waals surface area contributed by atoms with Crippen molar-refractivity contribution in [3.05, 3.63) is 65.4 Å². The summed E-state index contributed by atoms with van der Waals surface area (Å²) in [6.07, 6.45) is 1.96. The Hall–Kier alpha value is -4.12. The lowest BCUT2D eigenvalue weighted by molar-refractivity contribution is -0.144. The average Bonchev–Trinajstić information content (AvgIpc) is 3.17. The highest BCUT2D eigenvalue weighted by Gasteiger charge is 2.23. The minimum Gasteiger partial charge on any atom is -0.465 e. The maximum absolute atomic E-state index is 13.0. The summed E-state index contributed by atoms with van der Waals surface area (Å²) in [6, 6.07) is 14.1. The number of ether oxygens (including phenoxy) is 2. The minimum atomic E-state index is -0.669. The number of benzene rings is 2. The van der Waals surface area contributed by atoms with E-state index >= 15 is 0 Å². The van der Waals surface area contributed by atoms with Gasteiger partial charge >= 0.3 is 12.1 Å². The summed E-state index contributed by atoms with van der Waals surface area (Å²) in [5.41, 5.74) is 2.93. The molecule has 182 valence electrons. The molecule has 1 amide bonds. The molecule has 1 aromatic heterocycles. The van der Waals surface area contributed by atoms with Crippen LogP contribution in [0, 0.1) is 11.3 Å². The Morgan fingerprint density at radius 2 is 1.83 bits per heavy atom. The quantitative estimate of drug-likeness (QED) is 0.330. The van der Waals surface area contributed by atoms with Gasteiger partial charge in [0.05, 0.1) is 18.2 Å². The number of carbonyl (C=O) groups excluding carboxylic acids is 3. The summed E-state index contributed by atoms with van der Waals surface area (Å²) < 4.78 is 12.4. The van der Waals surface area contributed by atoms with Crippen LogP contribution in [-0.2, 0) is 23.0 Å². The van der Waals surface area contributed by atoms with Gasteiger partial charge in [-0.15, -0.1) is 0 Å². The molecule has 8 heteroatoms. The zero-order valence-electron chi connectivity index (χ0n) is 20.4. The van der Waals surface area contributed by atoms with Gasteiger partial charge in [0.25, 0.3) is 0 Å².